The molecule has 0 saturated carbocycles. The van der Waals surface area contributed by atoms with Crippen LogP contribution in [0.15, 0.2) is 54.6 Å². The summed E-state index contributed by atoms with van der Waals surface area (Å²) in [6, 6.07) is 19.7. The average Bonchev–Trinajstić information content (AvgIpc) is 2.45. The highest BCUT2D eigenvalue weighted by Gasteiger charge is 2.29. The molecule has 3 aromatic carbocycles. The predicted octanol–water partition coefficient (Wildman–Crippen LogP) is 5.56. The van der Waals surface area contributed by atoms with Gasteiger partial charge in [0.1, 0.15) is 0 Å². The zero-order valence-corrected chi connectivity index (χ0v) is 14.2. The molecule has 0 spiro atoms. The number of benzene rings is 3. The lowest BCUT2D eigenvalue weighted by atomic mass is 10.00. The Hall–Kier alpha value is -1.64. The Morgan fingerprint density at radius 2 is 1.43 bits per heavy atom. The molecular weight excluding hydrogens is 272 g/mol. The van der Waals surface area contributed by atoms with Crippen LogP contribution in [0.5, 0.6) is 0 Å². The summed E-state index contributed by atoms with van der Waals surface area (Å²) in [4.78, 5) is 0. The lowest BCUT2D eigenvalue weighted by molar-refractivity contribution is 0.161. The molecule has 0 heterocycles. The van der Waals surface area contributed by atoms with E-state index in [0.717, 1.165) is 0 Å². The van der Waals surface area contributed by atoms with Crippen LogP contribution in [-0.2, 0) is 4.74 Å². The third kappa shape index (κ3) is 2.61. The van der Waals surface area contributed by atoms with E-state index in [2.05, 4.69) is 74.2 Å². The topological polar surface area (TPSA) is 9.23 Å². The van der Waals surface area contributed by atoms with E-state index in [-0.39, 0.29) is 5.73 Å². The van der Waals surface area contributed by atoms with Crippen molar-refractivity contribution in [2.75, 3.05) is 7.11 Å². The minimum absolute atomic E-state index is 0.224. The molecule has 108 valence electrons. The Bertz CT molecular complexity index is 786. The molecule has 1 unspecified atom stereocenters. The standard InChI is InChI=1S/C19H22OSi/c1-20-19(21(2,3)4)17-11-7-10-16-12-14-8-5-6-9-15(14)13-18(16)17/h5-13,19H,1-4H3. The van der Waals surface area contributed by atoms with Gasteiger partial charge in [0.05, 0.1) is 13.8 Å². The van der Waals surface area contributed by atoms with Crippen LogP contribution in [0.25, 0.3) is 21.5 Å². The van der Waals surface area contributed by atoms with Crippen LogP contribution in [0.4, 0.5) is 0 Å². The highest BCUT2D eigenvalue weighted by atomic mass is 28.3. The van der Waals surface area contributed by atoms with Gasteiger partial charge in [-0.25, -0.2) is 0 Å². The molecule has 0 aliphatic heterocycles. The zero-order chi connectivity index (χ0) is 15.0. The van der Waals surface area contributed by atoms with Gasteiger partial charge in [-0.2, -0.15) is 0 Å². The maximum atomic E-state index is 5.88. The predicted molar refractivity (Wildman–Crippen MR) is 94.6 cm³/mol. The zero-order valence-electron chi connectivity index (χ0n) is 13.2. The van der Waals surface area contributed by atoms with Crippen molar-refractivity contribution in [1.29, 1.82) is 0 Å². The fraction of sp³-hybridized carbons (Fsp3) is 0.263. The van der Waals surface area contributed by atoms with Gasteiger partial charge in [-0.3, -0.25) is 0 Å². The van der Waals surface area contributed by atoms with E-state index in [1.807, 2.05) is 7.11 Å². The van der Waals surface area contributed by atoms with Gasteiger partial charge in [0.2, 0.25) is 0 Å². The first-order valence-electron chi connectivity index (χ1n) is 7.45. The molecule has 2 heteroatoms. The van der Waals surface area contributed by atoms with Crippen molar-refractivity contribution in [1.82, 2.24) is 0 Å². The third-order valence-electron chi connectivity index (χ3n) is 4.09. The third-order valence-corrected chi connectivity index (χ3v) is 6.21. The summed E-state index contributed by atoms with van der Waals surface area (Å²) in [5.74, 6) is 0. The molecule has 0 aliphatic carbocycles. The summed E-state index contributed by atoms with van der Waals surface area (Å²) in [7, 11) is 0.402. The van der Waals surface area contributed by atoms with E-state index < -0.39 is 8.07 Å². The van der Waals surface area contributed by atoms with Gasteiger partial charge in [0, 0.05) is 7.11 Å². The first kappa shape index (κ1) is 14.3. The Morgan fingerprint density at radius 1 is 0.810 bits per heavy atom. The molecule has 0 bridgehead atoms. The smallest absolute Gasteiger partial charge is 0.0842 e. The van der Waals surface area contributed by atoms with E-state index in [1.165, 1.54) is 27.1 Å². The monoisotopic (exact) mass is 294 g/mol. The van der Waals surface area contributed by atoms with E-state index in [4.69, 9.17) is 4.74 Å². The first-order chi connectivity index (χ1) is 10.0. The van der Waals surface area contributed by atoms with Gasteiger partial charge in [0.25, 0.3) is 0 Å². The van der Waals surface area contributed by atoms with Crippen LogP contribution in [0.1, 0.15) is 11.3 Å². The highest BCUT2D eigenvalue weighted by molar-refractivity contribution is 6.77. The van der Waals surface area contributed by atoms with Crippen LogP contribution in [-0.4, -0.2) is 15.2 Å². The largest absolute Gasteiger partial charge is 0.380 e. The fourth-order valence-corrected chi connectivity index (χ4v) is 5.06. The van der Waals surface area contributed by atoms with Crippen molar-refractivity contribution in [3.63, 3.8) is 0 Å². The molecule has 0 N–H and O–H groups in total. The van der Waals surface area contributed by atoms with Crippen molar-refractivity contribution in [2.45, 2.75) is 25.4 Å². The van der Waals surface area contributed by atoms with Gasteiger partial charge in [-0.1, -0.05) is 62.1 Å². The van der Waals surface area contributed by atoms with E-state index in [1.54, 1.807) is 0 Å². The molecule has 0 saturated heterocycles. The lowest BCUT2D eigenvalue weighted by Crippen LogP contribution is -2.32. The summed E-state index contributed by atoms with van der Waals surface area (Å²) in [6.45, 7) is 7.09. The number of rotatable bonds is 3. The average molecular weight is 294 g/mol. The number of hydrogen-bond acceptors (Lipinski definition) is 1. The van der Waals surface area contributed by atoms with Crippen LogP contribution >= 0.6 is 0 Å². The molecule has 0 aromatic heterocycles. The van der Waals surface area contributed by atoms with Crippen LogP contribution in [0.2, 0.25) is 19.6 Å². The Labute approximate surface area is 127 Å². The number of fused-ring (bicyclic) bond motifs is 2. The Morgan fingerprint density at radius 3 is 2.05 bits per heavy atom. The number of methoxy groups -OCH3 is 1. The van der Waals surface area contributed by atoms with Crippen LogP contribution in [0, 0.1) is 0 Å². The van der Waals surface area contributed by atoms with Crippen molar-refractivity contribution in [3.05, 3.63) is 60.2 Å². The fourth-order valence-electron chi connectivity index (χ4n) is 3.17. The second-order valence-corrected chi connectivity index (χ2v) is 12.0. The molecule has 0 amide bonds. The van der Waals surface area contributed by atoms with E-state index in [0.29, 0.717) is 0 Å². The van der Waals surface area contributed by atoms with Crippen molar-refractivity contribution >= 4 is 29.6 Å². The summed E-state index contributed by atoms with van der Waals surface area (Å²) < 4.78 is 5.88. The van der Waals surface area contributed by atoms with Crippen molar-refractivity contribution in [3.8, 4) is 0 Å². The highest BCUT2D eigenvalue weighted by Crippen LogP contribution is 2.34. The second-order valence-electron chi connectivity index (χ2n) is 6.75. The van der Waals surface area contributed by atoms with Crippen LogP contribution < -0.4 is 0 Å². The minimum Gasteiger partial charge on any atom is -0.380 e. The molecule has 21 heavy (non-hydrogen) atoms. The first-order valence-corrected chi connectivity index (χ1v) is 11.0. The number of ether oxygens (including phenoxy) is 1. The summed E-state index contributed by atoms with van der Waals surface area (Å²) in [5.41, 5.74) is 1.56. The maximum absolute atomic E-state index is 5.88. The van der Waals surface area contributed by atoms with Gasteiger partial charge >= 0.3 is 0 Å². The van der Waals surface area contributed by atoms with Gasteiger partial charge < -0.3 is 4.74 Å². The Balaban J connectivity index is 2.30. The molecule has 1 atom stereocenters. The van der Waals surface area contributed by atoms with Gasteiger partial charge in [-0.05, 0) is 39.2 Å². The van der Waals surface area contributed by atoms with E-state index in [9.17, 15) is 0 Å². The van der Waals surface area contributed by atoms with Crippen molar-refractivity contribution < 1.29 is 4.74 Å². The molecular formula is C19H22OSi. The SMILES string of the molecule is COC(c1cccc2cc3ccccc3cc12)[Si](C)(C)C. The molecule has 0 radical (unpaired) electrons. The molecule has 0 fully saturated rings. The summed E-state index contributed by atoms with van der Waals surface area (Å²) >= 11 is 0. The number of hydrogen-bond donors (Lipinski definition) is 0. The van der Waals surface area contributed by atoms with Gasteiger partial charge in [0.15, 0.2) is 0 Å². The normalized spacial score (nSPS) is 13.7. The lowest BCUT2D eigenvalue weighted by Gasteiger charge is -2.29. The molecule has 1 nitrogen and oxygen atoms in total. The van der Waals surface area contributed by atoms with Gasteiger partial charge in [-0.15, -0.1) is 0 Å². The van der Waals surface area contributed by atoms with E-state index >= 15 is 0 Å². The molecule has 0 aliphatic rings. The molecule has 3 aromatic rings. The molecule has 3 rings (SSSR count). The minimum atomic E-state index is -1.43. The van der Waals surface area contributed by atoms with Crippen molar-refractivity contribution in [2.24, 2.45) is 0 Å². The maximum Gasteiger partial charge on any atom is 0.0842 e. The quantitative estimate of drug-likeness (QED) is 0.454. The Kier molecular flexibility index (Phi) is 3.60. The summed E-state index contributed by atoms with van der Waals surface area (Å²) in [5, 5.41) is 5.21. The van der Waals surface area contributed by atoms with Crippen LogP contribution in [0.3, 0.4) is 0 Å². The second kappa shape index (κ2) is 5.28. The summed E-state index contributed by atoms with van der Waals surface area (Å²) in [6.07, 6.45) is 0.